The molecule has 0 radical (unpaired) electrons. The molecule has 2 atom stereocenters. The van der Waals surface area contributed by atoms with Crippen molar-refractivity contribution in [3.05, 3.63) is 0 Å². The van der Waals surface area contributed by atoms with Crippen molar-refractivity contribution >= 4 is 5.96 Å². The van der Waals surface area contributed by atoms with Gasteiger partial charge in [0.15, 0.2) is 5.96 Å². The van der Waals surface area contributed by atoms with Crippen LogP contribution < -0.4 is 5.32 Å². The lowest BCUT2D eigenvalue weighted by atomic mass is 9.82. The summed E-state index contributed by atoms with van der Waals surface area (Å²) in [6.45, 7) is 5.53. The van der Waals surface area contributed by atoms with Crippen molar-refractivity contribution < 1.29 is 0 Å². The summed E-state index contributed by atoms with van der Waals surface area (Å²) in [6.07, 6.45) is 5.63. The molecule has 0 aromatic carbocycles. The molecular formula is C12H23N3. The number of nitrogens with zero attached hydrogens (tertiary/aromatic N) is 2. The van der Waals surface area contributed by atoms with Gasteiger partial charge in [0.2, 0.25) is 0 Å². The van der Waals surface area contributed by atoms with E-state index in [2.05, 4.69) is 29.2 Å². The van der Waals surface area contributed by atoms with E-state index in [0.29, 0.717) is 0 Å². The molecule has 1 aliphatic carbocycles. The topological polar surface area (TPSA) is 27.6 Å². The normalized spacial score (nSPS) is 31.6. The maximum atomic E-state index is 4.45. The molecule has 1 fully saturated rings. The zero-order valence-corrected chi connectivity index (χ0v) is 10.00. The van der Waals surface area contributed by atoms with Crippen molar-refractivity contribution in [2.45, 2.75) is 32.6 Å². The van der Waals surface area contributed by atoms with E-state index < -0.39 is 0 Å². The van der Waals surface area contributed by atoms with Crippen LogP contribution in [0.5, 0.6) is 0 Å². The zero-order chi connectivity index (χ0) is 10.7. The van der Waals surface area contributed by atoms with Gasteiger partial charge in [-0.25, -0.2) is 0 Å². The molecule has 0 saturated heterocycles. The summed E-state index contributed by atoms with van der Waals surface area (Å²) in [6, 6.07) is 0. The minimum Gasteiger partial charge on any atom is -0.356 e. The minimum atomic E-state index is 0.866. The largest absolute Gasteiger partial charge is 0.356 e. The zero-order valence-electron chi connectivity index (χ0n) is 10.00. The Labute approximate surface area is 92.9 Å². The Morgan fingerprint density at radius 1 is 1.47 bits per heavy atom. The van der Waals surface area contributed by atoms with Crippen LogP contribution in [0, 0.1) is 11.8 Å². The molecule has 0 aromatic heterocycles. The Hall–Kier alpha value is -0.730. The molecule has 0 spiro atoms. The lowest BCUT2D eigenvalue weighted by Crippen LogP contribution is -2.39. The highest BCUT2D eigenvalue weighted by molar-refractivity contribution is 5.81. The highest BCUT2D eigenvalue weighted by Crippen LogP contribution is 2.27. The SMILES string of the molecule is CC1CCCC(CNC2=NCCN2C)C1. The van der Waals surface area contributed by atoms with Crippen LogP contribution in [0.4, 0.5) is 0 Å². The lowest BCUT2D eigenvalue weighted by Gasteiger charge is -2.27. The molecule has 2 unspecified atom stereocenters. The summed E-state index contributed by atoms with van der Waals surface area (Å²) in [4.78, 5) is 6.67. The average molecular weight is 209 g/mol. The van der Waals surface area contributed by atoms with Crippen molar-refractivity contribution in [3.63, 3.8) is 0 Å². The van der Waals surface area contributed by atoms with Gasteiger partial charge in [-0.2, -0.15) is 0 Å². The molecule has 0 amide bonds. The Morgan fingerprint density at radius 2 is 2.33 bits per heavy atom. The van der Waals surface area contributed by atoms with E-state index in [9.17, 15) is 0 Å². The van der Waals surface area contributed by atoms with Gasteiger partial charge in [0.05, 0.1) is 6.54 Å². The molecule has 0 bridgehead atoms. The van der Waals surface area contributed by atoms with E-state index in [-0.39, 0.29) is 0 Å². The maximum absolute atomic E-state index is 4.45. The summed E-state index contributed by atoms with van der Waals surface area (Å²) >= 11 is 0. The van der Waals surface area contributed by atoms with Gasteiger partial charge in [-0.05, 0) is 24.7 Å². The van der Waals surface area contributed by atoms with Gasteiger partial charge in [0, 0.05) is 20.1 Å². The number of nitrogens with one attached hydrogen (secondary N) is 1. The second-order valence-electron chi connectivity index (χ2n) is 5.15. The third kappa shape index (κ3) is 2.86. The lowest BCUT2D eigenvalue weighted by molar-refractivity contribution is 0.281. The Bertz CT molecular complexity index is 237. The molecule has 2 aliphatic rings. The number of aliphatic imine (C=N–C) groups is 1. The summed E-state index contributed by atoms with van der Waals surface area (Å²) in [7, 11) is 2.11. The molecule has 3 nitrogen and oxygen atoms in total. The van der Waals surface area contributed by atoms with E-state index in [1.54, 1.807) is 0 Å². The highest BCUT2D eigenvalue weighted by atomic mass is 15.3. The first-order valence-corrected chi connectivity index (χ1v) is 6.25. The van der Waals surface area contributed by atoms with Gasteiger partial charge in [0.25, 0.3) is 0 Å². The van der Waals surface area contributed by atoms with Crippen molar-refractivity contribution in [2.75, 3.05) is 26.7 Å². The fourth-order valence-electron chi connectivity index (χ4n) is 2.70. The Balaban J connectivity index is 1.73. The number of rotatable bonds is 2. The summed E-state index contributed by atoms with van der Waals surface area (Å²) in [5.74, 6) is 2.90. The predicted molar refractivity (Wildman–Crippen MR) is 64.1 cm³/mol. The van der Waals surface area contributed by atoms with Gasteiger partial charge in [-0.3, -0.25) is 4.99 Å². The van der Waals surface area contributed by atoms with Crippen LogP contribution >= 0.6 is 0 Å². The molecule has 3 heteroatoms. The smallest absolute Gasteiger partial charge is 0.193 e. The van der Waals surface area contributed by atoms with Crippen LogP contribution in [-0.4, -0.2) is 37.5 Å². The van der Waals surface area contributed by atoms with Gasteiger partial charge in [-0.15, -0.1) is 0 Å². The number of guanidine groups is 1. The molecule has 1 N–H and O–H groups in total. The van der Waals surface area contributed by atoms with Crippen LogP contribution in [-0.2, 0) is 0 Å². The number of hydrogen-bond acceptors (Lipinski definition) is 3. The van der Waals surface area contributed by atoms with E-state index in [1.165, 1.54) is 25.7 Å². The monoisotopic (exact) mass is 209 g/mol. The second kappa shape index (κ2) is 4.86. The molecular weight excluding hydrogens is 186 g/mol. The van der Waals surface area contributed by atoms with Crippen molar-refractivity contribution in [1.29, 1.82) is 0 Å². The van der Waals surface area contributed by atoms with Crippen molar-refractivity contribution in [3.8, 4) is 0 Å². The van der Waals surface area contributed by atoms with Crippen LogP contribution in [0.15, 0.2) is 4.99 Å². The first kappa shape index (κ1) is 10.8. The molecule has 1 aliphatic heterocycles. The summed E-state index contributed by atoms with van der Waals surface area (Å²) in [5, 5.41) is 3.50. The van der Waals surface area contributed by atoms with Gasteiger partial charge >= 0.3 is 0 Å². The molecule has 1 saturated carbocycles. The molecule has 2 rings (SSSR count). The van der Waals surface area contributed by atoms with Crippen LogP contribution in [0.2, 0.25) is 0 Å². The fraction of sp³-hybridized carbons (Fsp3) is 0.917. The van der Waals surface area contributed by atoms with E-state index in [0.717, 1.165) is 37.4 Å². The summed E-state index contributed by atoms with van der Waals surface area (Å²) < 4.78 is 0. The fourth-order valence-corrected chi connectivity index (χ4v) is 2.70. The summed E-state index contributed by atoms with van der Waals surface area (Å²) in [5.41, 5.74) is 0. The van der Waals surface area contributed by atoms with Gasteiger partial charge in [0.1, 0.15) is 0 Å². The van der Waals surface area contributed by atoms with Gasteiger partial charge < -0.3 is 10.2 Å². The molecule has 15 heavy (non-hydrogen) atoms. The second-order valence-corrected chi connectivity index (χ2v) is 5.15. The van der Waals surface area contributed by atoms with Crippen LogP contribution in [0.1, 0.15) is 32.6 Å². The van der Waals surface area contributed by atoms with Crippen LogP contribution in [0.25, 0.3) is 0 Å². The van der Waals surface area contributed by atoms with E-state index in [4.69, 9.17) is 0 Å². The number of likely N-dealkylation sites (N-methyl/N-ethyl adjacent to an activating group) is 1. The van der Waals surface area contributed by atoms with Crippen LogP contribution in [0.3, 0.4) is 0 Å². The van der Waals surface area contributed by atoms with E-state index >= 15 is 0 Å². The average Bonchev–Trinajstić information content (AvgIpc) is 2.61. The predicted octanol–water partition coefficient (Wildman–Crippen LogP) is 1.70. The number of hydrogen-bond donors (Lipinski definition) is 1. The first-order valence-electron chi connectivity index (χ1n) is 6.25. The molecule has 0 aromatic rings. The standard InChI is InChI=1S/C12H23N3/c1-10-4-3-5-11(8-10)9-14-12-13-6-7-15(12)2/h10-11H,3-9H2,1-2H3,(H,13,14). The third-order valence-electron chi connectivity index (χ3n) is 3.65. The first-order chi connectivity index (χ1) is 7.25. The van der Waals surface area contributed by atoms with Crippen molar-refractivity contribution in [2.24, 2.45) is 16.8 Å². The highest BCUT2D eigenvalue weighted by Gasteiger charge is 2.20. The van der Waals surface area contributed by atoms with E-state index in [1.807, 2.05) is 0 Å². The third-order valence-corrected chi connectivity index (χ3v) is 3.65. The maximum Gasteiger partial charge on any atom is 0.193 e. The Kier molecular flexibility index (Phi) is 3.49. The minimum absolute atomic E-state index is 0.866. The molecule has 1 heterocycles. The Morgan fingerprint density at radius 3 is 3.00 bits per heavy atom. The van der Waals surface area contributed by atoms with Gasteiger partial charge in [-0.1, -0.05) is 19.8 Å². The molecule has 86 valence electrons. The quantitative estimate of drug-likeness (QED) is 0.749. The van der Waals surface area contributed by atoms with Crippen molar-refractivity contribution in [1.82, 2.24) is 10.2 Å².